The number of rotatable bonds is 6. The van der Waals surface area contributed by atoms with Crippen LogP contribution in [0.1, 0.15) is 39.4 Å². The van der Waals surface area contributed by atoms with Gasteiger partial charge in [0.2, 0.25) is 5.91 Å². The topological polar surface area (TPSA) is 89.0 Å². The van der Waals surface area contributed by atoms with Gasteiger partial charge in [-0.1, -0.05) is 18.2 Å². The van der Waals surface area contributed by atoms with Gasteiger partial charge in [-0.05, 0) is 42.7 Å². The standard InChI is InChI=1S/C23H27N3O5/c1-30-18-10-7-17(8-11-18)9-12-21(27)25-13-4-14-26(16-15-25)22(28)19-5-3-6-20(24-19)23(29)31-2/h3,5-8,10-11H,4,9,12-16H2,1-2H3. The molecule has 164 valence electrons. The fourth-order valence-electron chi connectivity index (χ4n) is 3.51. The van der Waals surface area contributed by atoms with Gasteiger partial charge in [0.25, 0.3) is 5.91 Å². The molecule has 0 aliphatic carbocycles. The van der Waals surface area contributed by atoms with Crippen LogP contribution in [0.25, 0.3) is 0 Å². The normalized spacial score (nSPS) is 14.0. The van der Waals surface area contributed by atoms with Crippen LogP contribution in [0.3, 0.4) is 0 Å². The Balaban J connectivity index is 1.55. The number of carbonyl (C=O) groups is 3. The number of benzene rings is 1. The van der Waals surface area contributed by atoms with Crippen molar-refractivity contribution in [1.82, 2.24) is 14.8 Å². The third kappa shape index (κ3) is 5.81. The Morgan fingerprint density at radius 3 is 2.29 bits per heavy atom. The molecule has 2 amide bonds. The predicted octanol–water partition coefficient (Wildman–Crippen LogP) is 2.18. The fourth-order valence-corrected chi connectivity index (χ4v) is 3.51. The molecule has 2 aromatic rings. The lowest BCUT2D eigenvalue weighted by Crippen LogP contribution is -2.37. The molecule has 1 fully saturated rings. The third-order valence-electron chi connectivity index (χ3n) is 5.29. The van der Waals surface area contributed by atoms with Gasteiger partial charge in [0.05, 0.1) is 14.2 Å². The lowest BCUT2D eigenvalue weighted by molar-refractivity contribution is -0.131. The number of pyridine rings is 1. The molecule has 3 rings (SSSR count). The molecule has 0 saturated carbocycles. The third-order valence-corrected chi connectivity index (χ3v) is 5.29. The average Bonchev–Trinajstić information content (AvgIpc) is 3.08. The van der Waals surface area contributed by atoms with Crippen molar-refractivity contribution in [1.29, 1.82) is 0 Å². The average molecular weight is 425 g/mol. The van der Waals surface area contributed by atoms with Crippen LogP contribution in [0.15, 0.2) is 42.5 Å². The highest BCUT2D eigenvalue weighted by Gasteiger charge is 2.24. The zero-order valence-electron chi connectivity index (χ0n) is 17.9. The van der Waals surface area contributed by atoms with Gasteiger partial charge in [-0.2, -0.15) is 0 Å². The second-order valence-corrected chi connectivity index (χ2v) is 7.27. The Morgan fingerprint density at radius 2 is 1.58 bits per heavy atom. The number of ether oxygens (including phenoxy) is 2. The summed E-state index contributed by atoms with van der Waals surface area (Å²) in [5.74, 6) is 0.0346. The molecule has 0 N–H and O–H groups in total. The van der Waals surface area contributed by atoms with E-state index in [0.29, 0.717) is 45.4 Å². The summed E-state index contributed by atoms with van der Waals surface area (Å²) in [6.45, 7) is 2.05. The van der Waals surface area contributed by atoms with E-state index < -0.39 is 5.97 Å². The molecular weight excluding hydrogens is 398 g/mol. The van der Waals surface area contributed by atoms with Crippen molar-refractivity contribution in [2.24, 2.45) is 0 Å². The first-order chi connectivity index (χ1) is 15.0. The van der Waals surface area contributed by atoms with Crippen molar-refractivity contribution in [2.75, 3.05) is 40.4 Å². The number of amides is 2. The number of esters is 1. The van der Waals surface area contributed by atoms with E-state index >= 15 is 0 Å². The van der Waals surface area contributed by atoms with Crippen molar-refractivity contribution in [3.05, 3.63) is 59.4 Å². The highest BCUT2D eigenvalue weighted by Crippen LogP contribution is 2.14. The fraction of sp³-hybridized carbons (Fsp3) is 0.391. The van der Waals surface area contributed by atoms with Crippen LogP contribution in [-0.4, -0.2) is 73.0 Å². The summed E-state index contributed by atoms with van der Waals surface area (Å²) in [5, 5.41) is 0. The number of nitrogens with zero attached hydrogens (tertiary/aromatic N) is 3. The summed E-state index contributed by atoms with van der Waals surface area (Å²) in [5.41, 5.74) is 1.37. The quantitative estimate of drug-likeness (QED) is 0.659. The second kappa shape index (κ2) is 10.6. The maximum Gasteiger partial charge on any atom is 0.356 e. The van der Waals surface area contributed by atoms with E-state index in [2.05, 4.69) is 9.72 Å². The van der Waals surface area contributed by atoms with Crippen LogP contribution in [0, 0.1) is 0 Å². The van der Waals surface area contributed by atoms with Crippen LogP contribution in [0.4, 0.5) is 0 Å². The first-order valence-corrected chi connectivity index (χ1v) is 10.3. The molecule has 1 aromatic heterocycles. The van der Waals surface area contributed by atoms with E-state index in [4.69, 9.17) is 4.74 Å². The summed E-state index contributed by atoms with van der Waals surface area (Å²) in [4.78, 5) is 44.8. The largest absolute Gasteiger partial charge is 0.497 e. The number of methoxy groups -OCH3 is 2. The van der Waals surface area contributed by atoms with Crippen molar-refractivity contribution in [3.8, 4) is 5.75 Å². The molecule has 0 radical (unpaired) electrons. The lowest BCUT2D eigenvalue weighted by Gasteiger charge is -2.22. The van der Waals surface area contributed by atoms with Crippen molar-refractivity contribution >= 4 is 17.8 Å². The summed E-state index contributed by atoms with van der Waals surface area (Å²) in [6.07, 6.45) is 1.77. The van der Waals surface area contributed by atoms with Gasteiger partial charge < -0.3 is 19.3 Å². The van der Waals surface area contributed by atoms with Gasteiger partial charge in [-0.3, -0.25) is 9.59 Å². The monoisotopic (exact) mass is 425 g/mol. The smallest absolute Gasteiger partial charge is 0.356 e. The molecule has 8 heteroatoms. The SMILES string of the molecule is COC(=O)c1cccc(C(=O)N2CCCN(C(=O)CCc3ccc(OC)cc3)CC2)n1. The molecule has 8 nitrogen and oxygen atoms in total. The Hall–Kier alpha value is -3.42. The van der Waals surface area contributed by atoms with Crippen molar-refractivity contribution in [2.45, 2.75) is 19.3 Å². The molecule has 0 unspecified atom stereocenters. The van der Waals surface area contributed by atoms with E-state index in [1.54, 1.807) is 24.1 Å². The molecule has 31 heavy (non-hydrogen) atoms. The molecule has 2 heterocycles. The van der Waals surface area contributed by atoms with E-state index in [0.717, 1.165) is 11.3 Å². The molecule has 1 aliphatic rings. The molecule has 1 aromatic carbocycles. The van der Waals surface area contributed by atoms with Crippen LogP contribution < -0.4 is 4.74 Å². The van der Waals surface area contributed by atoms with Crippen molar-refractivity contribution in [3.63, 3.8) is 0 Å². The number of hydrogen-bond donors (Lipinski definition) is 0. The van der Waals surface area contributed by atoms with Gasteiger partial charge in [0, 0.05) is 32.6 Å². The Bertz CT molecular complexity index is 929. The number of hydrogen-bond acceptors (Lipinski definition) is 6. The first kappa shape index (κ1) is 22.3. The second-order valence-electron chi connectivity index (χ2n) is 7.27. The highest BCUT2D eigenvalue weighted by atomic mass is 16.5. The summed E-state index contributed by atoms with van der Waals surface area (Å²) >= 11 is 0. The van der Waals surface area contributed by atoms with Gasteiger partial charge in [-0.15, -0.1) is 0 Å². The highest BCUT2D eigenvalue weighted by molar-refractivity contribution is 5.94. The predicted molar refractivity (Wildman–Crippen MR) is 114 cm³/mol. The molecular formula is C23H27N3O5. The van der Waals surface area contributed by atoms with Gasteiger partial charge in [0.15, 0.2) is 0 Å². The number of aromatic nitrogens is 1. The van der Waals surface area contributed by atoms with Gasteiger partial charge in [0.1, 0.15) is 17.1 Å². The zero-order chi connectivity index (χ0) is 22.2. The van der Waals surface area contributed by atoms with Crippen LogP contribution >= 0.6 is 0 Å². The summed E-state index contributed by atoms with van der Waals surface area (Å²) in [6, 6.07) is 12.4. The van der Waals surface area contributed by atoms with E-state index in [1.165, 1.54) is 13.2 Å². The molecule has 1 saturated heterocycles. The van der Waals surface area contributed by atoms with Crippen LogP contribution in [0.2, 0.25) is 0 Å². The Labute approximate surface area is 181 Å². The first-order valence-electron chi connectivity index (χ1n) is 10.3. The Morgan fingerprint density at radius 1 is 0.903 bits per heavy atom. The van der Waals surface area contributed by atoms with E-state index in [9.17, 15) is 14.4 Å². The molecule has 0 bridgehead atoms. The number of aryl methyl sites for hydroxylation is 1. The van der Waals surface area contributed by atoms with Gasteiger partial charge in [-0.25, -0.2) is 9.78 Å². The Kier molecular flexibility index (Phi) is 7.59. The minimum Gasteiger partial charge on any atom is -0.497 e. The molecule has 0 atom stereocenters. The van der Waals surface area contributed by atoms with E-state index in [-0.39, 0.29) is 23.2 Å². The number of carbonyl (C=O) groups excluding carboxylic acids is 3. The minimum atomic E-state index is -0.584. The lowest BCUT2D eigenvalue weighted by atomic mass is 10.1. The maximum absolute atomic E-state index is 12.9. The molecule has 1 aliphatic heterocycles. The summed E-state index contributed by atoms with van der Waals surface area (Å²) in [7, 11) is 2.89. The van der Waals surface area contributed by atoms with Crippen LogP contribution in [0.5, 0.6) is 5.75 Å². The van der Waals surface area contributed by atoms with Crippen molar-refractivity contribution < 1.29 is 23.9 Å². The maximum atomic E-state index is 12.9. The minimum absolute atomic E-state index is 0.0796. The summed E-state index contributed by atoms with van der Waals surface area (Å²) < 4.78 is 9.82. The van der Waals surface area contributed by atoms with Gasteiger partial charge >= 0.3 is 5.97 Å². The van der Waals surface area contributed by atoms with Crippen LogP contribution in [-0.2, 0) is 16.0 Å². The molecule has 0 spiro atoms. The zero-order valence-corrected chi connectivity index (χ0v) is 17.9. The van der Waals surface area contributed by atoms with E-state index in [1.807, 2.05) is 29.2 Å².